The van der Waals surface area contributed by atoms with Gasteiger partial charge in [-0.05, 0) is 35.9 Å². The summed E-state index contributed by atoms with van der Waals surface area (Å²) < 4.78 is 27.4. The number of aromatic nitrogens is 1. The molecular weight excluding hydrogens is 454 g/mol. The van der Waals surface area contributed by atoms with Gasteiger partial charge in [-0.3, -0.25) is 14.5 Å². The minimum atomic E-state index is -3.63. The van der Waals surface area contributed by atoms with Crippen LogP contribution in [0.5, 0.6) is 0 Å². The minimum Gasteiger partial charge on any atom is -0.353 e. The van der Waals surface area contributed by atoms with Crippen LogP contribution >= 0.6 is 0 Å². The Balaban J connectivity index is 1.53. The zero-order valence-corrected chi connectivity index (χ0v) is 20.7. The lowest BCUT2D eigenvalue weighted by atomic mass is 10.1. The lowest BCUT2D eigenvalue weighted by Gasteiger charge is -2.37. The number of nitrogens with zero attached hydrogens (tertiary/aromatic N) is 5. The van der Waals surface area contributed by atoms with E-state index in [4.69, 9.17) is 0 Å². The third-order valence-electron chi connectivity index (χ3n) is 6.57. The maximum absolute atomic E-state index is 13.5. The van der Waals surface area contributed by atoms with Gasteiger partial charge in [-0.1, -0.05) is 19.9 Å². The molecule has 1 aromatic heterocycles. The second-order valence-corrected chi connectivity index (χ2v) is 10.4. The van der Waals surface area contributed by atoms with Crippen LogP contribution in [0.3, 0.4) is 0 Å². The van der Waals surface area contributed by atoms with E-state index in [2.05, 4.69) is 9.88 Å². The molecule has 2 amide bonds. The van der Waals surface area contributed by atoms with Crippen molar-refractivity contribution in [2.75, 3.05) is 49.1 Å². The number of amides is 2. The highest BCUT2D eigenvalue weighted by Crippen LogP contribution is 2.35. The number of hydrogen-bond acceptors (Lipinski definition) is 6. The minimum absolute atomic E-state index is 0.111. The predicted molar refractivity (Wildman–Crippen MR) is 130 cm³/mol. The molecule has 34 heavy (non-hydrogen) atoms. The molecule has 1 saturated heterocycles. The van der Waals surface area contributed by atoms with E-state index in [-0.39, 0.29) is 16.7 Å². The Labute approximate surface area is 201 Å². The summed E-state index contributed by atoms with van der Waals surface area (Å²) in [5.41, 5.74) is 1.31. The second-order valence-electron chi connectivity index (χ2n) is 8.49. The number of fused-ring (bicyclic) bond motifs is 1. The van der Waals surface area contributed by atoms with Crippen LogP contribution in [-0.4, -0.2) is 79.7 Å². The Bertz CT molecular complexity index is 1160. The Kier molecular flexibility index (Phi) is 6.90. The normalized spacial score (nSPS) is 18.4. The number of pyridine rings is 1. The number of rotatable bonds is 6. The summed E-state index contributed by atoms with van der Waals surface area (Å²) in [6, 6.07) is 9.89. The zero-order chi connectivity index (χ0) is 24.5. The van der Waals surface area contributed by atoms with E-state index in [9.17, 15) is 18.0 Å². The van der Waals surface area contributed by atoms with Gasteiger partial charge in [0.05, 0.1) is 4.90 Å². The first-order valence-corrected chi connectivity index (χ1v) is 13.1. The van der Waals surface area contributed by atoms with Crippen molar-refractivity contribution in [3.8, 4) is 0 Å². The molecule has 0 unspecified atom stereocenters. The average molecular weight is 486 g/mol. The Hall–Kier alpha value is -2.98. The Morgan fingerprint density at radius 1 is 1.06 bits per heavy atom. The van der Waals surface area contributed by atoms with E-state index in [1.807, 2.05) is 18.2 Å². The van der Waals surface area contributed by atoms with Crippen molar-refractivity contribution in [3.05, 3.63) is 48.2 Å². The van der Waals surface area contributed by atoms with Gasteiger partial charge in [0.2, 0.25) is 21.8 Å². The van der Waals surface area contributed by atoms with Crippen molar-refractivity contribution >= 4 is 33.3 Å². The van der Waals surface area contributed by atoms with Crippen LogP contribution in [0, 0.1) is 0 Å². The van der Waals surface area contributed by atoms with Crippen LogP contribution in [0.15, 0.2) is 47.5 Å². The van der Waals surface area contributed by atoms with E-state index in [0.29, 0.717) is 56.9 Å². The maximum atomic E-state index is 13.5. The quantitative estimate of drug-likeness (QED) is 0.619. The van der Waals surface area contributed by atoms with Crippen LogP contribution in [0.2, 0.25) is 0 Å². The third-order valence-corrected chi connectivity index (χ3v) is 8.61. The highest BCUT2D eigenvalue weighted by Gasteiger charge is 2.40. The van der Waals surface area contributed by atoms with Crippen LogP contribution < -0.4 is 9.80 Å². The summed E-state index contributed by atoms with van der Waals surface area (Å²) in [4.78, 5) is 36.0. The van der Waals surface area contributed by atoms with Gasteiger partial charge < -0.3 is 9.80 Å². The van der Waals surface area contributed by atoms with Crippen molar-refractivity contribution in [3.63, 3.8) is 0 Å². The van der Waals surface area contributed by atoms with Crippen molar-refractivity contribution in [1.82, 2.24) is 14.2 Å². The van der Waals surface area contributed by atoms with E-state index >= 15 is 0 Å². The molecule has 0 bridgehead atoms. The number of benzene rings is 1. The molecule has 9 nitrogen and oxygen atoms in total. The number of piperazine rings is 1. The molecule has 182 valence electrons. The highest BCUT2D eigenvalue weighted by atomic mass is 32.2. The molecule has 0 radical (unpaired) electrons. The number of hydrogen-bond donors (Lipinski definition) is 0. The largest absolute Gasteiger partial charge is 0.353 e. The zero-order valence-electron chi connectivity index (χ0n) is 19.8. The molecule has 0 N–H and O–H groups in total. The standard InChI is InChI=1S/C24H31N5O4S/c1-4-28(5-2)34(32,33)20-9-10-21-19(16-20)17-22(29(21)18(3)30)24(31)27-14-12-26(13-15-27)23-8-6-7-11-25-23/h6-11,16,22H,4-5,12-15,17H2,1-3H3/t22-/m1/s1. The number of sulfonamides is 1. The molecule has 1 atom stereocenters. The van der Waals surface area contributed by atoms with Gasteiger partial charge in [0, 0.05) is 64.5 Å². The summed E-state index contributed by atoms with van der Waals surface area (Å²) in [5, 5.41) is 0. The molecule has 0 saturated carbocycles. The fourth-order valence-electron chi connectivity index (χ4n) is 4.80. The molecular formula is C24H31N5O4S. The molecule has 1 aromatic carbocycles. The van der Waals surface area contributed by atoms with Gasteiger partial charge in [0.1, 0.15) is 11.9 Å². The van der Waals surface area contributed by atoms with E-state index in [1.165, 1.54) is 22.2 Å². The van der Waals surface area contributed by atoms with Crippen LogP contribution in [0.4, 0.5) is 11.5 Å². The summed E-state index contributed by atoms with van der Waals surface area (Å²) in [7, 11) is -3.63. The summed E-state index contributed by atoms with van der Waals surface area (Å²) in [6.07, 6.45) is 2.05. The molecule has 2 aliphatic heterocycles. The summed E-state index contributed by atoms with van der Waals surface area (Å²) in [6.45, 7) is 8.19. The van der Waals surface area contributed by atoms with Crippen molar-refractivity contribution in [2.45, 2.75) is 38.1 Å². The molecule has 4 rings (SSSR count). The molecule has 0 aliphatic carbocycles. The fraction of sp³-hybridized carbons (Fsp3) is 0.458. The first-order valence-electron chi connectivity index (χ1n) is 11.7. The predicted octanol–water partition coefficient (Wildman–Crippen LogP) is 1.74. The topological polar surface area (TPSA) is 94.1 Å². The van der Waals surface area contributed by atoms with E-state index in [0.717, 1.165) is 5.82 Å². The van der Waals surface area contributed by atoms with Gasteiger partial charge in [-0.2, -0.15) is 4.31 Å². The van der Waals surface area contributed by atoms with Crippen LogP contribution in [-0.2, 0) is 26.0 Å². The number of anilines is 2. The van der Waals surface area contributed by atoms with Crippen LogP contribution in [0.25, 0.3) is 0 Å². The summed E-state index contributed by atoms with van der Waals surface area (Å²) >= 11 is 0. The molecule has 2 aromatic rings. The molecule has 1 fully saturated rings. The fourth-order valence-corrected chi connectivity index (χ4v) is 6.30. The Morgan fingerprint density at radius 2 is 1.76 bits per heavy atom. The van der Waals surface area contributed by atoms with Crippen molar-refractivity contribution in [1.29, 1.82) is 0 Å². The van der Waals surface area contributed by atoms with Crippen molar-refractivity contribution in [2.24, 2.45) is 0 Å². The van der Waals surface area contributed by atoms with Gasteiger partial charge in [0.15, 0.2) is 0 Å². The molecule has 0 spiro atoms. The lowest BCUT2D eigenvalue weighted by Crippen LogP contribution is -2.55. The van der Waals surface area contributed by atoms with Gasteiger partial charge >= 0.3 is 0 Å². The molecule has 10 heteroatoms. The second kappa shape index (κ2) is 9.71. The number of carbonyl (C=O) groups is 2. The SMILES string of the molecule is CCN(CC)S(=O)(=O)c1ccc2c(c1)C[C@H](C(=O)N1CCN(c3ccccn3)CC1)N2C(C)=O. The molecule has 3 heterocycles. The molecule has 2 aliphatic rings. The smallest absolute Gasteiger partial charge is 0.246 e. The number of carbonyl (C=O) groups excluding carboxylic acids is 2. The monoisotopic (exact) mass is 485 g/mol. The third kappa shape index (κ3) is 4.39. The van der Waals surface area contributed by atoms with Crippen molar-refractivity contribution < 1.29 is 18.0 Å². The van der Waals surface area contributed by atoms with E-state index < -0.39 is 16.1 Å². The van der Waals surface area contributed by atoms with Crippen LogP contribution in [0.1, 0.15) is 26.3 Å². The highest BCUT2D eigenvalue weighted by molar-refractivity contribution is 7.89. The summed E-state index contributed by atoms with van der Waals surface area (Å²) in [5.74, 6) is 0.541. The Morgan fingerprint density at radius 3 is 2.35 bits per heavy atom. The average Bonchev–Trinajstić information content (AvgIpc) is 3.24. The maximum Gasteiger partial charge on any atom is 0.246 e. The lowest BCUT2D eigenvalue weighted by molar-refractivity contribution is -0.134. The first-order chi connectivity index (χ1) is 16.3. The first kappa shape index (κ1) is 24.2. The van der Waals surface area contributed by atoms with Gasteiger partial charge in [0.25, 0.3) is 0 Å². The van der Waals surface area contributed by atoms with E-state index in [1.54, 1.807) is 37.1 Å². The van der Waals surface area contributed by atoms with Gasteiger partial charge in [-0.15, -0.1) is 0 Å². The van der Waals surface area contributed by atoms with Gasteiger partial charge in [-0.25, -0.2) is 13.4 Å².